The minimum atomic E-state index is -0.134. The number of benzene rings is 1. The lowest BCUT2D eigenvalue weighted by Crippen LogP contribution is -2.49. The van der Waals surface area contributed by atoms with Gasteiger partial charge in [0.15, 0.2) is 5.96 Å². The first-order valence-electron chi connectivity index (χ1n) is 10.8. The van der Waals surface area contributed by atoms with Gasteiger partial charge < -0.3 is 20.3 Å². The predicted molar refractivity (Wildman–Crippen MR) is 137 cm³/mol. The SMILES string of the molecule is CCNC(=NCC(C)(C)NC(C)c1ccccc1)N1CCOC(c2cnn(C)c2)C1.I. The monoisotopic (exact) mass is 540 g/mol. The molecule has 1 saturated heterocycles. The van der Waals surface area contributed by atoms with Crippen molar-refractivity contribution in [1.29, 1.82) is 0 Å². The Kier molecular flexibility index (Phi) is 9.77. The third kappa shape index (κ3) is 7.47. The molecule has 2 N–H and O–H groups in total. The van der Waals surface area contributed by atoms with Crippen molar-refractivity contribution in [1.82, 2.24) is 25.3 Å². The maximum absolute atomic E-state index is 5.99. The number of aromatic nitrogens is 2. The van der Waals surface area contributed by atoms with Crippen LogP contribution in [0, 0.1) is 0 Å². The van der Waals surface area contributed by atoms with Crippen LogP contribution in [0.1, 0.15) is 51.0 Å². The van der Waals surface area contributed by atoms with Crippen LogP contribution in [0.15, 0.2) is 47.7 Å². The Bertz CT molecular complexity index is 822. The number of guanidine groups is 1. The van der Waals surface area contributed by atoms with Crippen LogP contribution < -0.4 is 10.6 Å². The molecule has 31 heavy (non-hydrogen) atoms. The van der Waals surface area contributed by atoms with E-state index in [1.165, 1.54) is 5.56 Å². The molecule has 0 bridgehead atoms. The van der Waals surface area contributed by atoms with Gasteiger partial charge in [0.2, 0.25) is 0 Å². The van der Waals surface area contributed by atoms with Crippen molar-refractivity contribution in [2.24, 2.45) is 12.0 Å². The van der Waals surface area contributed by atoms with Gasteiger partial charge in [-0.25, -0.2) is 0 Å². The number of rotatable bonds is 7. The fourth-order valence-corrected chi connectivity index (χ4v) is 3.80. The number of aliphatic imine (C=N–C) groups is 1. The van der Waals surface area contributed by atoms with Gasteiger partial charge in [0.25, 0.3) is 0 Å². The van der Waals surface area contributed by atoms with Crippen LogP contribution in [0.4, 0.5) is 0 Å². The van der Waals surface area contributed by atoms with Crippen molar-refractivity contribution >= 4 is 29.9 Å². The first kappa shape index (κ1) is 25.6. The predicted octanol–water partition coefficient (Wildman–Crippen LogP) is 3.51. The molecule has 2 aromatic rings. The van der Waals surface area contributed by atoms with Crippen LogP contribution in [-0.4, -0.2) is 59.0 Å². The molecule has 0 spiro atoms. The van der Waals surface area contributed by atoms with E-state index in [-0.39, 0.29) is 41.7 Å². The highest BCUT2D eigenvalue weighted by Gasteiger charge is 2.26. The van der Waals surface area contributed by atoms with Gasteiger partial charge in [-0.05, 0) is 33.3 Å². The molecule has 0 radical (unpaired) electrons. The Morgan fingerprint density at radius 2 is 2.06 bits per heavy atom. The summed E-state index contributed by atoms with van der Waals surface area (Å²) >= 11 is 0. The lowest BCUT2D eigenvalue weighted by atomic mass is 10.0. The molecule has 1 aliphatic heterocycles. The van der Waals surface area contributed by atoms with E-state index in [9.17, 15) is 0 Å². The molecule has 1 aromatic heterocycles. The minimum Gasteiger partial charge on any atom is -0.370 e. The Morgan fingerprint density at radius 3 is 2.71 bits per heavy atom. The van der Waals surface area contributed by atoms with Gasteiger partial charge in [0.1, 0.15) is 6.10 Å². The Hall–Kier alpha value is -1.65. The lowest BCUT2D eigenvalue weighted by Gasteiger charge is -2.35. The van der Waals surface area contributed by atoms with Crippen LogP contribution in [-0.2, 0) is 11.8 Å². The van der Waals surface area contributed by atoms with Crippen molar-refractivity contribution in [3.8, 4) is 0 Å². The van der Waals surface area contributed by atoms with E-state index >= 15 is 0 Å². The zero-order chi connectivity index (χ0) is 21.6. The quantitative estimate of drug-likeness (QED) is 0.320. The van der Waals surface area contributed by atoms with Crippen LogP contribution >= 0.6 is 24.0 Å². The second-order valence-corrected chi connectivity index (χ2v) is 8.58. The molecule has 3 rings (SSSR count). The van der Waals surface area contributed by atoms with Crippen LogP contribution in [0.5, 0.6) is 0 Å². The van der Waals surface area contributed by atoms with Crippen LogP contribution in [0.2, 0.25) is 0 Å². The fraction of sp³-hybridized carbons (Fsp3) is 0.565. The molecular weight excluding hydrogens is 503 g/mol. The smallest absolute Gasteiger partial charge is 0.194 e. The molecule has 7 nitrogen and oxygen atoms in total. The summed E-state index contributed by atoms with van der Waals surface area (Å²) in [7, 11) is 1.93. The highest BCUT2D eigenvalue weighted by molar-refractivity contribution is 14.0. The summed E-state index contributed by atoms with van der Waals surface area (Å²) in [5.41, 5.74) is 2.26. The molecule has 0 saturated carbocycles. The summed E-state index contributed by atoms with van der Waals surface area (Å²) in [6, 6.07) is 10.8. The summed E-state index contributed by atoms with van der Waals surface area (Å²) in [5.74, 6) is 0.942. The van der Waals surface area contributed by atoms with Gasteiger partial charge >= 0.3 is 0 Å². The molecule has 172 valence electrons. The molecule has 2 unspecified atom stereocenters. The first-order chi connectivity index (χ1) is 14.4. The summed E-state index contributed by atoms with van der Waals surface area (Å²) in [6.45, 7) is 12.5. The number of aryl methyl sites for hydroxylation is 1. The van der Waals surface area contributed by atoms with Crippen molar-refractivity contribution in [3.05, 3.63) is 53.9 Å². The number of ether oxygens (including phenoxy) is 1. The van der Waals surface area contributed by atoms with Gasteiger partial charge in [0, 0.05) is 43.5 Å². The number of hydrogen-bond acceptors (Lipinski definition) is 4. The minimum absolute atomic E-state index is 0. The summed E-state index contributed by atoms with van der Waals surface area (Å²) in [6.07, 6.45) is 3.92. The molecule has 2 heterocycles. The number of halogens is 1. The van der Waals surface area contributed by atoms with E-state index in [1.807, 2.05) is 24.1 Å². The Balaban J connectivity index is 0.00000341. The Morgan fingerprint density at radius 1 is 1.32 bits per heavy atom. The maximum Gasteiger partial charge on any atom is 0.194 e. The second-order valence-electron chi connectivity index (χ2n) is 8.58. The highest BCUT2D eigenvalue weighted by atomic mass is 127. The standard InChI is InChI=1S/C23H36N6O.HI/c1-6-24-22(29-12-13-30-21(16-29)20-14-26-28(5)15-20)25-17-23(3,4)27-18(2)19-10-8-7-9-11-19;/h7-11,14-15,18,21,27H,6,12-13,16-17H2,1-5H3,(H,24,25);1H. The Labute approximate surface area is 203 Å². The first-order valence-corrected chi connectivity index (χ1v) is 10.8. The molecule has 2 atom stereocenters. The third-order valence-corrected chi connectivity index (χ3v) is 5.33. The molecule has 8 heteroatoms. The van der Waals surface area contributed by atoms with E-state index in [1.54, 1.807) is 0 Å². The molecular formula is C23H37IN6O. The van der Waals surface area contributed by atoms with Gasteiger partial charge in [-0.15, -0.1) is 24.0 Å². The summed E-state index contributed by atoms with van der Waals surface area (Å²) in [4.78, 5) is 7.27. The summed E-state index contributed by atoms with van der Waals surface area (Å²) < 4.78 is 7.81. The zero-order valence-electron chi connectivity index (χ0n) is 19.3. The van der Waals surface area contributed by atoms with Gasteiger partial charge in [-0.1, -0.05) is 30.3 Å². The highest BCUT2D eigenvalue weighted by Crippen LogP contribution is 2.22. The molecule has 1 fully saturated rings. The summed E-state index contributed by atoms with van der Waals surface area (Å²) in [5, 5.41) is 11.5. The van der Waals surface area contributed by atoms with Crippen LogP contribution in [0.25, 0.3) is 0 Å². The number of morpholine rings is 1. The van der Waals surface area contributed by atoms with E-state index in [2.05, 4.69) is 78.7 Å². The van der Waals surface area contributed by atoms with E-state index in [4.69, 9.17) is 9.73 Å². The topological polar surface area (TPSA) is 66.7 Å². The van der Waals surface area contributed by atoms with Crippen molar-refractivity contribution in [2.75, 3.05) is 32.8 Å². The fourth-order valence-electron chi connectivity index (χ4n) is 3.80. The largest absolute Gasteiger partial charge is 0.370 e. The number of nitrogens with zero attached hydrogens (tertiary/aromatic N) is 4. The van der Waals surface area contributed by atoms with E-state index in [0.717, 1.165) is 31.2 Å². The molecule has 1 aliphatic rings. The average Bonchev–Trinajstić information content (AvgIpc) is 3.18. The number of nitrogens with one attached hydrogen (secondary N) is 2. The van der Waals surface area contributed by atoms with Crippen LogP contribution in [0.3, 0.4) is 0 Å². The average molecular weight is 540 g/mol. The molecule has 0 amide bonds. The van der Waals surface area contributed by atoms with Gasteiger partial charge in [-0.2, -0.15) is 5.10 Å². The van der Waals surface area contributed by atoms with Gasteiger partial charge in [-0.3, -0.25) is 9.67 Å². The lowest BCUT2D eigenvalue weighted by molar-refractivity contribution is -0.00807. The van der Waals surface area contributed by atoms with Crippen molar-refractivity contribution < 1.29 is 4.74 Å². The third-order valence-electron chi connectivity index (χ3n) is 5.33. The molecule has 0 aliphatic carbocycles. The second kappa shape index (κ2) is 11.8. The zero-order valence-corrected chi connectivity index (χ0v) is 21.7. The molecule has 1 aromatic carbocycles. The maximum atomic E-state index is 5.99. The number of hydrogen-bond donors (Lipinski definition) is 2. The van der Waals surface area contributed by atoms with Crippen molar-refractivity contribution in [2.45, 2.75) is 45.4 Å². The van der Waals surface area contributed by atoms with E-state index < -0.39 is 0 Å². The van der Waals surface area contributed by atoms with E-state index in [0.29, 0.717) is 13.2 Å². The van der Waals surface area contributed by atoms with Crippen molar-refractivity contribution in [3.63, 3.8) is 0 Å². The van der Waals surface area contributed by atoms with Gasteiger partial charge in [0.05, 0.1) is 25.9 Å². The normalized spacial score (nSPS) is 18.4.